The lowest BCUT2D eigenvalue weighted by molar-refractivity contribution is -0.116. The van der Waals surface area contributed by atoms with Crippen LogP contribution in [0.2, 0.25) is 5.02 Å². The maximum atomic E-state index is 12.7. The number of benzene rings is 1. The second kappa shape index (κ2) is 9.29. The second-order valence-electron chi connectivity index (χ2n) is 6.08. The van der Waals surface area contributed by atoms with E-state index in [1.54, 1.807) is 12.1 Å². The van der Waals surface area contributed by atoms with Crippen LogP contribution in [-0.2, 0) is 14.8 Å². The van der Waals surface area contributed by atoms with E-state index in [1.807, 2.05) is 13.8 Å². The number of anilines is 2. The Bertz CT molecular complexity index is 949. The molecule has 0 saturated carbocycles. The fourth-order valence-electron chi connectivity index (χ4n) is 2.34. The van der Waals surface area contributed by atoms with Gasteiger partial charge in [-0.15, -0.1) is 10.2 Å². The number of rotatable bonds is 8. The molecular formula is C16H21ClN4O4S3. The Kier molecular flexibility index (Phi) is 7.54. The third kappa shape index (κ3) is 5.72. The summed E-state index contributed by atoms with van der Waals surface area (Å²) in [6.07, 6.45) is 1.01. The van der Waals surface area contributed by atoms with Crippen LogP contribution in [0.25, 0.3) is 0 Å². The standard InChI is InChI=1S/C16H21ClN4O4S3/c1-9(2)26-16-20-19-15(27-16)18-14(22)10(3)21(28(5,23)24)12-8-11(17)6-7-13(12)25-4/h6-10H,1-5H3,(H,18,19,22)/t10-/m1/s1. The molecule has 0 radical (unpaired) electrons. The van der Waals surface area contributed by atoms with E-state index in [0.717, 1.165) is 14.9 Å². The minimum Gasteiger partial charge on any atom is -0.495 e. The first-order valence-corrected chi connectivity index (χ1v) is 12.1. The first kappa shape index (κ1) is 22.7. The van der Waals surface area contributed by atoms with Crippen LogP contribution in [0.3, 0.4) is 0 Å². The molecule has 0 aliphatic carbocycles. The Hall–Kier alpha value is -1.56. The highest BCUT2D eigenvalue weighted by Gasteiger charge is 2.32. The Morgan fingerprint density at radius 3 is 2.57 bits per heavy atom. The van der Waals surface area contributed by atoms with E-state index in [9.17, 15) is 13.2 Å². The van der Waals surface area contributed by atoms with Crippen molar-refractivity contribution in [3.8, 4) is 5.75 Å². The molecule has 0 aliphatic heterocycles. The summed E-state index contributed by atoms with van der Waals surface area (Å²) in [5, 5.41) is 11.5. The van der Waals surface area contributed by atoms with Gasteiger partial charge in [0.15, 0.2) is 4.34 Å². The number of carbonyl (C=O) groups is 1. The van der Waals surface area contributed by atoms with Crippen molar-refractivity contribution in [2.24, 2.45) is 0 Å². The predicted octanol–water partition coefficient (Wildman–Crippen LogP) is 3.49. The molecule has 8 nitrogen and oxygen atoms in total. The summed E-state index contributed by atoms with van der Waals surface area (Å²) in [4.78, 5) is 12.7. The largest absolute Gasteiger partial charge is 0.495 e. The van der Waals surface area contributed by atoms with E-state index in [1.165, 1.54) is 43.2 Å². The number of nitrogens with one attached hydrogen (secondary N) is 1. The molecule has 0 bridgehead atoms. The van der Waals surface area contributed by atoms with E-state index in [0.29, 0.717) is 15.4 Å². The molecule has 12 heteroatoms. The zero-order chi connectivity index (χ0) is 21.1. The van der Waals surface area contributed by atoms with E-state index in [-0.39, 0.29) is 11.4 Å². The van der Waals surface area contributed by atoms with Gasteiger partial charge < -0.3 is 4.74 Å². The molecule has 0 saturated heterocycles. The molecule has 1 heterocycles. The predicted molar refractivity (Wildman–Crippen MR) is 114 cm³/mol. The van der Waals surface area contributed by atoms with Gasteiger partial charge in [-0.1, -0.05) is 48.5 Å². The number of nitrogens with zero attached hydrogens (tertiary/aromatic N) is 3. The molecule has 0 fully saturated rings. The average molecular weight is 465 g/mol. The third-order valence-corrected chi connectivity index (χ3v) is 6.83. The fraction of sp³-hybridized carbons (Fsp3) is 0.438. The molecule has 2 rings (SSSR count). The van der Waals surface area contributed by atoms with E-state index < -0.39 is 22.0 Å². The van der Waals surface area contributed by atoms with Crippen molar-refractivity contribution in [3.05, 3.63) is 23.2 Å². The number of ether oxygens (including phenoxy) is 1. The molecule has 28 heavy (non-hydrogen) atoms. The Morgan fingerprint density at radius 1 is 1.32 bits per heavy atom. The summed E-state index contributed by atoms with van der Waals surface area (Å²) < 4.78 is 31.8. The minimum absolute atomic E-state index is 0.175. The quantitative estimate of drug-likeness (QED) is 0.471. The number of thioether (sulfide) groups is 1. The molecule has 2 aromatic rings. The summed E-state index contributed by atoms with van der Waals surface area (Å²) in [5.41, 5.74) is 0.175. The van der Waals surface area contributed by atoms with Gasteiger partial charge in [-0.25, -0.2) is 8.42 Å². The smallest absolute Gasteiger partial charge is 0.249 e. The molecule has 1 aromatic heterocycles. The third-order valence-electron chi connectivity index (χ3n) is 3.44. The maximum Gasteiger partial charge on any atom is 0.249 e. The zero-order valence-corrected chi connectivity index (χ0v) is 19.2. The zero-order valence-electron chi connectivity index (χ0n) is 16.0. The molecule has 1 aromatic carbocycles. The van der Waals surface area contributed by atoms with E-state index in [2.05, 4.69) is 15.5 Å². The minimum atomic E-state index is -3.82. The molecule has 1 atom stereocenters. The van der Waals surface area contributed by atoms with Crippen LogP contribution in [0.5, 0.6) is 5.75 Å². The molecule has 0 unspecified atom stereocenters. The van der Waals surface area contributed by atoms with Crippen LogP contribution >= 0.6 is 34.7 Å². The van der Waals surface area contributed by atoms with Crippen LogP contribution in [-0.4, -0.2) is 49.2 Å². The SMILES string of the molecule is COc1ccc(Cl)cc1N([C@H](C)C(=O)Nc1nnc(SC(C)C)s1)S(C)(=O)=O. The van der Waals surface area contributed by atoms with Gasteiger partial charge in [0, 0.05) is 10.3 Å². The number of carbonyl (C=O) groups excluding carboxylic acids is 1. The van der Waals surface area contributed by atoms with E-state index in [4.69, 9.17) is 16.3 Å². The van der Waals surface area contributed by atoms with Crippen molar-refractivity contribution < 1.29 is 17.9 Å². The monoisotopic (exact) mass is 464 g/mol. The van der Waals surface area contributed by atoms with Crippen LogP contribution < -0.4 is 14.4 Å². The van der Waals surface area contributed by atoms with Gasteiger partial charge in [-0.05, 0) is 25.1 Å². The van der Waals surface area contributed by atoms with Gasteiger partial charge >= 0.3 is 0 Å². The molecule has 0 spiro atoms. The molecule has 1 N–H and O–H groups in total. The lowest BCUT2D eigenvalue weighted by Gasteiger charge is -2.29. The topological polar surface area (TPSA) is 101 Å². The number of amides is 1. The van der Waals surface area contributed by atoms with Crippen molar-refractivity contribution in [2.75, 3.05) is 23.0 Å². The molecule has 1 amide bonds. The number of hydrogen-bond donors (Lipinski definition) is 1. The van der Waals surface area contributed by atoms with Gasteiger partial charge in [0.25, 0.3) is 0 Å². The number of methoxy groups -OCH3 is 1. The fourth-order valence-corrected chi connectivity index (χ4v) is 5.65. The lowest BCUT2D eigenvalue weighted by Crippen LogP contribution is -2.45. The van der Waals surface area contributed by atoms with Gasteiger partial charge in [0.1, 0.15) is 11.8 Å². The highest BCUT2D eigenvalue weighted by molar-refractivity contribution is 8.01. The summed E-state index contributed by atoms with van der Waals surface area (Å²) in [7, 11) is -2.41. The van der Waals surface area contributed by atoms with E-state index >= 15 is 0 Å². The average Bonchev–Trinajstić information content (AvgIpc) is 3.00. The van der Waals surface area contributed by atoms with Gasteiger partial charge in [-0.2, -0.15) is 0 Å². The van der Waals surface area contributed by atoms with Crippen LogP contribution in [0.4, 0.5) is 10.8 Å². The first-order valence-electron chi connectivity index (χ1n) is 8.17. The van der Waals surface area contributed by atoms with Crippen molar-refractivity contribution in [2.45, 2.75) is 36.4 Å². The van der Waals surface area contributed by atoms with Crippen molar-refractivity contribution in [1.29, 1.82) is 0 Å². The number of sulfonamides is 1. The Morgan fingerprint density at radius 2 is 2.00 bits per heavy atom. The van der Waals surface area contributed by atoms with Gasteiger partial charge in [-0.3, -0.25) is 14.4 Å². The Labute approximate surface area is 177 Å². The molecular weight excluding hydrogens is 444 g/mol. The maximum absolute atomic E-state index is 12.7. The first-order chi connectivity index (χ1) is 13.0. The second-order valence-corrected chi connectivity index (χ2v) is 11.2. The van der Waals surface area contributed by atoms with Crippen molar-refractivity contribution in [3.63, 3.8) is 0 Å². The van der Waals surface area contributed by atoms with Gasteiger partial charge in [0.05, 0.1) is 19.1 Å². The van der Waals surface area contributed by atoms with Crippen molar-refractivity contribution >= 4 is 61.4 Å². The van der Waals surface area contributed by atoms with Crippen molar-refractivity contribution in [1.82, 2.24) is 10.2 Å². The summed E-state index contributed by atoms with van der Waals surface area (Å²) in [6, 6.07) is 3.48. The summed E-state index contributed by atoms with van der Waals surface area (Å²) in [5.74, 6) is -0.272. The molecule has 0 aliphatic rings. The Balaban J connectivity index is 2.31. The van der Waals surface area contributed by atoms with Gasteiger partial charge in [0.2, 0.25) is 21.1 Å². The summed E-state index contributed by atoms with van der Waals surface area (Å²) >= 11 is 8.78. The van der Waals surface area contributed by atoms with Crippen LogP contribution in [0, 0.1) is 0 Å². The van der Waals surface area contributed by atoms with Crippen LogP contribution in [0.1, 0.15) is 20.8 Å². The summed E-state index contributed by atoms with van der Waals surface area (Å²) in [6.45, 7) is 5.52. The highest BCUT2D eigenvalue weighted by atomic mass is 35.5. The lowest BCUT2D eigenvalue weighted by atomic mass is 10.2. The molecule has 154 valence electrons. The number of halogens is 1. The number of hydrogen-bond acceptors (Lipinski definition) is 8. The number of aromatic nitrogens is 2. The van der Waals surface area contributed by atoms with Crippen LogP contribution in [0.15, 0.2) is 22.5 Å². The highest BCUT2D eigenvalue weighted by Crippen LogP contribution is 2.34. The normalized spacial score (nSPS) is 12.7.